The summed E-state index contributed by atoms with van der Waals surface area (Å²) >= 11 is 5.80. The largest absolute Gasteiger partial charge is 0.362 e. The first-order chi connectivity index (χ1) is 10.7. The van der Waals surface area contributed by atoms with Crippen LogP contribution in [0.2, 0.25) is 5.02 Å². The van der Waals surface area contributed by atoms with Crippen LogP contribution in [-0.2, 0) is 6.42 Å². The van der Waals surface area contributed by atoms with Crippen LogP contribution in [-0.4, -0.2) is 5.78 Å². The summed E-state index contributed by atoms with van der Waals surface area (Å²) in [5.41, 5.74) is 2.94. The van der Waals surface area contributed by atoms with Gasteiger partial charge in [-0.1, -0.05) is 37.1 Å². The molecular weight excluding hydrogens is 294 g/mol. The fourth-order valence-corrected chi connectivity index (χ4v) is 2.20. The number of anilines is 1. The maximum Gasteiger partial charge on any atom is 0.187 e. The summed E-state index contributed by atoms with van der Waals surface area (Å²) in [6, 6.07) is 15.2. The molecule has 0 heterocycles. The Morgan fingerprint density at radius 1 is 1.09 bits per heavy atom. The molecule has 0 aromatic heterocycles. The van der Waals surface area contributed by atoms with E-state index >= 15 is 0 Å². The number of hydrogen-bond donors (Lipinski definition) is 1. The van der Waals surface area contributed by atoms with E-state index in [0.717, 1.165) is 12.1 Å². The van der Waals surface area contributed by atoms with Crippen molar-refractivity contribution in [2.45, 2.75) is 26.2 Å². The molecule has 0 saturated heterocycles. The number of unbranched alkanes of at least 4 members (excludes halogenated alkanes) is 1. The van der Waals surface area contributed by atoms with Crippen LogP contribution in [0.25, 0.3) is 0 Å². The molecule has 0 amide bonds. The first kappa shape index (κ1) is 16.3. The number of benzene rings is 2. The van der Waals surface area contributed by atoms with Crippen molar-refractivity contribution >= 4 is 23.1 Å². The fraction of sp³-hybridized carbons (Fsp3) is 0.211. The summed E-state index contributed by atoms with van der Waals surface area (Å²) in [4.78, 5) is 11.9. The molecule has 0 unspecified atom stereocenters. The summed E-state index contributed by atoms with van der Waals surface area (Å²) in [7, 11) is 0. The van der Waals surface area contributed by atoms with E-state index in [1.165, 1.54) is 24.5 Å². The van der Waals surface area contributed by atoms with E-state index in [1.807, 2.05) is 12.1 Å². The molecule has 0 aliphatic carbocycles. The van der Waals surface area contributed by atoms with Gasteiger partial charge in [0.2, 0.25) is 0 Å². The second kappa shape index (κ2) is 8.40. The SMILES string of the molecule is CCCCc1ccc(N/C=C\C(=O)c2ccc(Cl)cc2)cc1. The predicted octanol–water partition coefficient (Wildman–Crippen LogP) is 5.49. The number of allylic oxidation sites excluding steroid dienone is 1. The molecule has 0 fully saturated rings. The molecule has 0 aliphatic heterocycles. The number of ketones is 1. The van der Waals surface area contributed by atoms with Gasteiger partial charge in [-0.3, -0.25) is 4.79 Å². The highest BCUT2D eigenvalue weighted by Gasteiger charge is 2.00. The smallest absolute Gasteiger partial charge is 0.187 e. The molecule has 2 nitrogen and oxygen atoms in total. The topological polar surface area (TPSA) is 29.1 Å². The Labute approximate surface area is 136 Å². The van der Waals surface area contributed by atoms with Crippen molar-refractivity contribution in [3.63, 3.8) is 0 Å². The lowest BCUT2D eigenvalue weighted by molar-refractivity contribution is 0.104. The van der Waals surface area contributed by atoms with Crippen molar-refractivity contribution in [3.8, 4) is 0 Å². The minimum atomic E-state index is -0.0521. The molecule has 0 spiro atoms. The minimum Gasteiger partial charge on any atom is -0.362 e. The number of hydrogen-bond acceptors (Lipinski definition) is 2. The van der Waals surface area contributed by atoms with Gasteiger partial charge < -0.3 is 5.32 Å². The Balaban J connectivity index is 1.88. The van der Waals surface area contributed by atoms with E-state index in [2.05, 4.69) is 24.4 Å². The van der Waals surface area contributed by atoms with Crippen LogP contribution in [0, 0.1) is 0 Å². The van der Waals surface area contributed by atoms with Gasteiger partial charge in [-0.15, -0.1) is 0 Å². The molecule has 114 valence electrons. The van der Waals surface area contributed by atoms with Crippen molar-refractivity contribution in [2.75, 3.05) is 5.32 Å². The molecule has 0 bridgehead atoms. The maximum absolute atomic E-state index is 11.9. The summed E-state index contributed by atoms with van der Waals surface area (Å²) < 4.78 is 0. The van der Waals surface area contributed by atoms with Gasteiger partial charge in [0, 0.05) is 28.5 Å². The predicted molar refractivity (Wildman–Crippen MR) is 93.6 cm³/mol. The van der Waals surface area contributed by atoms with E-state index in [1.54, 1.807) is 30.5 Å². The van der Waals surface area contributed by atoms with Gasteiger partial charge in [0.25, 0.3) is 0 Å². The van der Waals surface area contributed by atoms with Gasteiger partial charge >= 0.3 is 0 Å². The zero-order valence-electron chi connectivity index (χ0n) is 12.7. The number of nitrogens with one attached hydrogen (secondary N) is 1. The van der Waals surface area contributed by atoms with E-state index in [-0.39, 0.29) is 5.78 Å². The normalized spacial score (nSPS) is 10.8. The van der Waals surface area contributed by atoms with Crippen LogP contribution in [0.4, 0.5) is 5.69 Å². The lowest BCUT2D eigenvalue weighted by Crippen LogP contribution is -1.96. The van der Waals surface area contributed by atoms with Crippen LogP contribution in [0.5, 0.6) is 0 Å². The second-order valence-electron chi connectivity index (χ2n) is 5.15. The monoisotopic (exact) mass is 313 g/mol. The van der Waals surface area contributed by atoms with E-state index in [4.69, 9.17) is 11.6 Å². The lowest BCUT2D eigenvalue weighted by atomic mass is 10.1. The maximum atomic E-state index is 11.9. The quantitative estimate of drug-likeness (QED) is 0.541. The highest BCUT2D eigenvalue weighted by Crippen LogP contribution is 2.13. The average molecular weight is 314 g/mol. The Hall–Kier alpha value is -2.06. The number of carbonyl (C=O) groups excluding carboxylic acids is 1. The van der Waals surface area contributed by atoms with Crippen LogP contribution < -0.4 is 5.32 Å². The Kier molecular flexibility index (Phi) is 6.23. The first-order valence-electron chi connectivity index (χ1n) is 7.51. The van der Waals surface area contributed by atoms with Crippen LogP contribution >= 0.6 is 11.6 Å². The van der Waals surface area contributed by atoms with Crippen molar-refractivity contribution in [3.05, 3.63) is 77.0 Å². The molecule has 3 heteroatoms. The Bertz CT molecular complexity index is 629. The third-order valence-electron chi connectivity index (χ3n) is 3.39. The molecule has 2 aromatic rings. The van der Waals surface area contributed by atoms with Crippen molar-refractivity contribution in [2.24, 2.45) is 0 Å². The highest BCUT2D eigenvalue weighted by atomic mass is 35.5. The van der Waals surface area contributed by atoms with Crippen molar-refractivity contribution in [1.82, 2.24) is 0 Å². The standard InChI is InChI=1S/C19H20ClNO/c1-2-3-4-15-5-11-18(12-6-15)21-14-13-19(22)16-7-9-17(20)10-8-16/h5-14,21H,2-4H2,1H3/b14-13-. The van der Waals surface area contributed by atoms with Gasteiger partial charge in [0.05, 0.1) is 0 Å². The van der Waals surface area contributed by atoms with E-state index in [9.17, 15) is 4.79 Å². The number of aryl methyl sites for hydroxylation is 1. The van der Waals surface area contributed by atoms with Crippen molar-refractivity contribution < 1.29 is 4.79 Å². The van der Waals surface area contributed by atoms with Crippen LogP contribution in [0.1, 0.15) is 35.7 Å². The number of halogens is 1. The third-order valence-corrected chi connectivity index (χ3v) is 3.64. The summed E-state index contributed by atoms with van der Waals surface area (Å²) in [5.74, 6) is -0.0521. The Morgan fingerprint density at radius 3 is 2.41 bits per heavy atom. The van der Waals surface area contributed by atoms with E-state index < -0.39 is 0 Å². The molecule has 2 aromatic carbocycles. The van der Waals surface area contributed by atoms with Gasteiger partial charge in [-0.25, -0.2) is 0 Å². The molecule has 0 saturated carbocycles. The summed E-state index contributed by atoms with van der Waals surface area (Å²) in [6.07, 6.45) is 6.71. The van der Waals surface area contributed by atoms with E-state index in [0.29, 0.717) is 10.6 Å². The zero-order valence-corrected chi connectivity index (χ0v) is 13.4. The molecule has 0 atom stereocenters. The number of rotatable bonds is 7. The minimum absolute atomic E-state index is 0.0521. The third kappa shape index (κ3) is 5.05. The Morgan fingerprint density at radius 2 is 1.77 bits per heavy atom. The molecule has 0 radical (unpaired) electrons. The zero-order chi connectivity index (χ0) is 15.8. The van der Waals surface area contributed by atoms with Gasteiger partial charge in [0.1, 0.15) is 0 Å². The summed E-state index contributed by atoms with van der Waals surface area (Å²) in [6.45, 7) is 2.19. The van der Waals surface area contributed by atoms with Gasteiger partial charge in [0.15, 0.2) is 5.78 Å². The molecule has 2 rings (SSSR count). The van der Waals surface area contributed by atoms with Gasteiger partial charge in [-0.05, 0) is 54.8 Å². The first-order valence-corrected chi connectivity index (χ1v) is 7.89. The van der Waals surface area contributed by atoms with Crippen LogP contribution in [0.15, 0.2) is 60.8 Å². The molecule has 22 heavy (non-hydrogen) atoms. The fourth-order valence-electron chi connectivity index (χ4n) is 2.07. The molecule has 0 aliphatic rings. The average Bonchev–Trinajstić information content (AvgIpc) is 2.54. The van der Waals surface area contributed by atoms with Crippen molar-refractivity contribution in [1.29, 1.82) is 0 Å². The number of carbonyl (C=O) groups is 1. The molecule has 1 N–H and O–H groups in total. The highest BCUT2D eigenvalue weighted by molar-refractivity contribution is 6.30. The second-order valence-corrected chi connectivity index (χ2v) is 5.59. The van der Waals surface area contributed by atoms with Gasteiger partial charge in [-0.2, -0.15) is 0 Å². The summed E-state index contributed by atoms with van der Waals surface area (Å²) in [5, 5.41) is 3.74. The lowest BCUT2D eigenvalue weighted by Gasteiger charge is -2.03. The van der Waals surface area contributed by atoms with Crippen LogP contribution in [0.3, 0.4) is 0 Å². The molecular formula is C19H20ClNO.